The maximum absolute atomic E-state index is 10.6. The number of hydrogen-bond acceptors (Lipinski definition) is 6. The predicted octanol–water partition coefficient (Wildman–Crippen LogP) is -0.343. The van der Waals surface area contributed by atoms with Crippen LogP contribution in [-0.2, 0) is 19.2 Å². The average Bonchev–Trinajstić information content (AvgIpc) is 2.66. The third-order valence-corrected chi connectivity index (χ3v) is 2.86. The van der Waals surface area contributed by atoms with Crippen molar-refractivity contribution < 1.29 is 29.4 Å². The van der Waals surface area contributed by atoms with Gasteiger partial charge in [-0.15, -0.1) is 0 Å². The van der Waals surface area contributed by atoms with Gasteiger partial charge in [0.1, 0.15) is 11.9 Å². The van der Waals surface area contributed by atoms with Gasteiger partial charge in [0.25, 0.3) is 0 Å². The fraction of sp³-hybridized carbons (Fsp3) is 0. The van der Waals surface area contributed by atoms with Crippen LogP contribution in [-0.4, -0.2) is 46.6 Å². The molecule has 0 unspecified atom stereocenters. The minimum atomic E-state index is -1.69. The number of rotatable bonds is 6. The fourth-order valence-corrected chi connectivity index (χ4v) is 1.61. The van der Waals surface area contributed by atoms with E-state index >= 15 is 0 Å². The quantitative estimate of drug-likeness (QED) is 0.388. The molecule has 7 heteroatoms. The van der Waals surface area contributed by atoms with E-state index in [-0.39, 0.29) is 23.1 Å². The van der Waals surface area contributed by atoms with Crippen LogP contribution in [0.1, 0.15) is 11.1 Å². The number of benzene rings is 2. The molecule has 0 saturated heterocycles. The van der Waals surface area contributed by atoms with Crippen molar-refractivity contribution >= 4 is 58.7 Å². The summed E-state index contributed by atoms with van der Waals surface area (Å²) >= 11 is 0. The summed E-state index contributed by atoms with van der Waals surface area (Å²) in [6.45, 7) is 0. The molecule has 0 atom stereocenters. The number of carbonyl (C=O) groups excluding carboxylic acids is 4. The molecule has 0 heterocycles. The second-order valence-corrected chi connectivity index (χ2v) is 4.79. The van der Waals surface area contributed by atoms with E-state index in [2.05, 4.69) is 0 Å². The molecule has 0 aromatic heterocycles. The van der Waals surface area contributed by atoms with E-state index in [0.29, 0.717) is 0 Å². The molecular weight excluding hydrogens is 361 g/mol. The number of carboxylic acid groups (broad SMARTS) is 2. The number of ketones is 2. The van der Waals surface area contributed by atoms with Crippen molar-refractivity contribution in [2.45, 2.75) is 0 Å². The van der Waals surface area contributed by atoms with Crippen LogP contribution < -0.4 is 10.2 Å². The third-order valence-electron chi connectivity index (χ3n) is 2.86. The zero-order chi connectivity index (χ0) is 19.4. The molecule has 0 radical (unpaired) electrons. The van der Waals surface area contributed by atoms with Gasteiger partial charge >= 0.3 is 23.1 Å². The summed E-state index contributed by atoms with van der Waals surface area (Å²) in [6.07, 6.45) is 4.81. The van der Waals surface area contributed by atoms with E-state index in [4.69, 9.17) is 0 Å². The first-order valence-electron chi connectivity index (χ1n) is 7.37. The Balaban J connectivity index is 0.000000483. The van der Waals surface area contributed by atoms with Gasteiger partial charge in [0, 0.05) is 0 Å². The molecule has 0 saturated carbocycles. The molecular formula is C20H14MgO6. The molecule has 0 N–H and O–H groups in total. The molecule has 0 aliphatic rings. The Hall–Kier alpha value is -3.03. The van der Waals surface area contributed by atoms with E-state index in [1.54, 1.807) is 48.5 Å². The molecule has 2 aromatic carbocycles. The largest absolute Gasteiger partial charge is 2.00 e. The zero-order valence-electron chi connectivity index (χ0n) is 14.2. The maximum atomic E-state index is 10.6. The van der Waals surface area contributed by atoms with Crippen LogP contribution in [0.2, 0.25) is 0 Å². The third kappa shape index (κ3) is 10.5. The first-order valence-corrected chi connectivity index (χ1v) is 7.37. The van der Waals surface area contributed by atoms with E-state index in [9.17, 15) is 29.4 Å². The van der Waals surface area contributed by atoms with Crippen LogP contribution in [0.15, 0.2) is 72.8 Å². The summed E-state index contributed by atoms with van der Waals surface area (Å²) in [4.78, 5) is 41.2. The van der Waals surface area contributed by atoms with Gasteiger partial charge in [-0.3, -0.25) is 9.59 Å². The van der Waals surface area contributed by atoms with Gasteiger partial charge in [0.15, 0.2) is 0 Å². The van der Waals surface area contributed by atoms with Gasteiger partial charge in [0.05, 0.1) is 0 Å². The zero-order valence-corrected chi connectivity index (χ0v) is 15.7. The topological polar surface area (TPSA) is 114 Å². The summed E-state index contributed by atoms with van der Waals surface area (Å²) in [5.74, 6) is -5.42. The van der Waals surface area contributed by atoms with Crippen molar-refractivity contribution in [3.8, 4) is 0 Å². The number of carboxylic acids is 2. The summed E-state index contributed by atoms with van der Waals surface area (Å²) < 4.78 is 0. The van der Waals surface area contributed by atoms with Crippen LogP contribution in [0.4, 0.5) is 0 Å². The SMILES string of the molecule is O=C([O-])C(=O)C=Cc1ccccc1.O=C([O-])C(=O)C=Cc1ccccc1.[Mg+2]. The molecule has 27 heavy (non-hydrogen) atoms. The minimum absolute atomic E-state index is 0. The van der Waals surface area contributed by atoms with Crippen molar-refractivity contribution in [2.75, 3.05) is 0 Å². The van der Waals surface area contributed by atoms with Crippen LogP contribution >= 0.6 is 0 Å². The molecule has 0 amide bonds. The van der Waals surface area contributed by atoms with Crippen LogP contribution in [0, 0.1) is 0 Å². The van der Waals surface area contributed by atoms with Crippen LogP contribution in [0.5, 0.6) is 0 Å². The summed E-state index contributed by atoms with van der Waals surface area (Å²) in [5.41, 5.74) is 1.55. The Morgan fingerprint density at radius 2 is 0.889 bits per heavy atom. The van der Waals surface area contributed by atoms with Crippen LogP contribution in [0.3, 0.4) is 0 Å². The summed E-state index contributed by atoms with van der Waals surface area (Å²) in [7, 11) is 0. The van der Waals surface area contributed by atoms with Gasteiger partial charge < -0.3 is 19.8 Å². The van der Waals surface area contributed by atoms with Gasteiger partial charge in [-0.25, -0.2) is 0 Å². The van der Waals surface area contributed by atoms with Gasteiger partial charge in [0.2, 0.25) is 11.6 Å². The molecule has 2 aromatic rings. The Morgan fingerprint density at radius 3 is 1.15 bits per heavy atom. The second-order valence-electron chi connectivity index (χ2n) is 4.79. The van der Waals surface area contributed by atoms with Crippen molar-refractivity contribution in [3.63, 3.8) is 0 Å². The molecule has 6 nitrogen and oxygen atoms in total. The monoisotopic (exact) mass is 374 g/mol. The number of aliphatic carboxylic acids is 2. The Labute approximate surface area is 172 Å². The van der Waals surface area contributed by atoms with E-state index in [0.717, 1.165) is 23.3 Å². The van der Waals surface area contributed by atoms with Crippen molar-refractivity contribution in [2.24, 2.45) is 0 Å². The Kier molecular flexibility index (Phi) is 11.7. The van der Waals surface area contributed by atoms with E-state index in [1.807, 2.05) is 12.1 Å². The second kappa shape index (κ2) is 13.2. The normalized spacial score (nSPS) is 9.78. The van der Waals surface area contributed by atoms with Crippen molar-refractivity contribution in [3.05, 3.63) is 83.9 Å². The molecule has 0 aliphatic heterocycles. The minimum Gasteiger partial charge on any atom is -0.541 e. The first-order chi connectivity index (χ1) is 12.4. The van der Waals surface area contributed by atoms with E-state index < -0.39 is 23.5 Å². The van der Waals surface area contributed by atoms with Gasteiger partial charge in [-0.05, 0) is 23.3 Å². The molecule has 0 spiro atoms. The van der Waals surface area contributed by atoms with E-state index in [1.165, 1.54) is 12.2 Å². The standard InChI is InChI=1S/2C10H8O3.Mg/c2*11-9(10(12)13)7-6-8-4-2-1-3-5-8;/h2*1-7H,(H,12,13);/q;;+2/p-2. The molecule has 0 aliphatic carbocycles. The van der Waals surface area contributed by atoms with Crippen molar-refractivity contribution in [1.29, 1.82) is 0 Å². The molecule has 132 valence electrons. The number of hydrogen-bond donors (Lipinski definition) is 0. The number of carbonyl (C=O) groups is 4. The smallest absolute Gasteiger partial charge is 0.541 e. The predicted molar refractivity (Wildman–Crippen MR) is 96.7 cm³/mol. The van der Waals surface area contributed by atoms with Gasteiger partial charge in [-0.1, -0.05) is 72.8 Å². The first kappa shape index (κ1) is 24.0. The fourth-order valence-electron chi connectivity index (χ4n) is 1.61. The molecule has 2 rings (SSSR count). The molecule has 0 fully saturated rings. The van der Waals surface area contributed by atoms with Crippen LogP contribution in [0.25, 0.3) is 12.2 Å². The summed E-state index contributed by atoms with van der Waals surface area (Å²) in [6, 6.07) is 17.9. The Morgan fingerprint density at radius 1 is 0.593 bits per heavy atom. The average molecular weight is 375 g/mol. The molecule has 0 bridgehead atoms. The van der Waals surface area contributed by atoms with Crippen molar-refractivity contribution in [1.82, 2.24) is 0 Å². The Bertz CT molecular complexity index is 755. The van der Waals surface area contributed by atoms with Gasteiger partial charge in [-0.2, -0.15) is 0 Å². The summed E-state index contributed by atoms with van der Waals surface area (Å²) in [5, 5.41) is 20.0. The maximum Gasteiger partial charge on any atom is 2.00 e.